The Morgan fingerprint density at radius 1 is 0.253 bits per heavy atom. The molecule has 0 aliphatic carbocycles. The third-order valence-electron chi connectivity index (χ3n) is 16.0. The van der Waals surface area contributed by atoms with Crippen molar-refractivity contribution in [2.45, 2.75) is 0 Å². The molecule has 7 nitrogen and oxygen atoms in total. The van der Waals surface area contributed by atoms with E-state index in [0.717, 1.165) is 55.2 Å². The average Bonchev–Trinajstić information content (AvgIpc) is 4.24. The van der Waals surface area contributed by atoms with Crippen LogP contribution in [-0.4, -0.2) is 49.6 Å². The molecule has 15 aromatic rings. The Bertz CT molecular complexity index is 4510. The summed E-state index contributed by atoms with van der Waals surface area (Å²) in [5, 5.41) is 12.6. The first-order valence-corrected chi connectivity index (χ1v) is 30.8. The molecule has 0 saturated heterocycles. The highest BCUT2D eigenvalue weighted by molar-refractivity contribution is 7.20. The van der Waals surface area contributed by atoms with Gasteiger partial charge in [-0.15, -0.1) is 0 Å². The number of aromatic nitrogens is 7. The minimum Gasteiger partial charge on any atom is -0.278 e. The van der Waals surface area contributed by atoms with E-state index in [2.05, 4.69) is 305 Å². The van der Waals surface area contributed by atoms with Crippen LogP contribution in [0.4, 0.5) is 0 Å². The summed E-state index contributed by atoms with van der Waals surface area (Å²) in [5.74, 6) is 2.25. The molecule has 4 aromatic heterocycles. The van der Waals surface area contributed by atoms with Crippen molar-refractivity contribution in [1.82, 2.24) is 33.5 Å². The smallest absolute Gasteiger partial charge is 0.242 e. The van der Waals surface area contributed by atoms with Crippen LogP contribution < -0.4 is 41.5 Å². The van der Waals surface area contributed by atoms with Crippen molar-refractivity contribution in [2.24, 2.45) is 0 Å². The Morgan fingerprint density at radius 3 is 1.15 bits per heavy atom. The van der Waals surface area contributed by atoms with Gasteiger partial charge in [-0.1, -0.05) is 261 Å². The number of rotatable bonds is 11. The summed E-state index contributed by atoms with van der Waals surface area (Å²) in [4.78, 5) is 22.1. The van der Waals surface area contributed by atoms with Crippen molar-refractivity contribution in [3.63, 3.8) is 0 Å². The number of benzene rings is 11. The lowest BCUT2D eigenvalue weighted by atomic mass is 10.1. The molecule has 0 fully saturated rings. The van der Waals surface area contributed by atoms with Crippen LogP contribution in [0.1, 0.15) is 0 Å². The van der Waals surface area contributed by atoms with Crippen LogP contribution in [0.5, 0.6) is 0 Å². The Balaban J connectivity index is 1.01. The predicted octanol–water partition coefficient (Wildman–Crippen LogP) is 10.1. The SMILES string of the molecule is c1ccc([Si](c2ccccc2)(c2ccccc2)c2ccc(-c3nc(-n4c5ccccc5c5ccc([Si](c6ccccc6)(c6ccccc6)c6ccccc6)cc54)nc(-n4c5ccccc5n5c6ccccc6nc45)n3)cc2)cc1. The molecule has 0 aliphatic rings. The molecule has 0 spiro atoms. The van der Waals surface area contributed by atoms with E-state index in [1.165, 1.54) is 41.5 Å². The molecule has 9 heteroatoms. The molecule has 0 saturated carbocycles. The van der Waals surface area contributed by atoms with Gasteiger partial charge in [0.05, 0.1) is 33.1 Å². The van der Waals surface area contributed by atoms with Crippen LogP contribution in [0.2, 0.25) is 0 Å². The van der Waals surface area contributed by atoms with Crippen LogP contribution in [0, 0.1) is 0 Å². The summed E-state index contributed by atoms with van der Waals surface area (Å²) >= 11 is 0. The molecule has 15 rings (SSSR count). The summed E-state index contributed by atoms with van der Waals surface area (Å²) < 4.78 is 6.59. The van der Waals surface area contributed by atoms with E-state index in [0.29, 0.717) is 17.7 Å². The number of imidazole rings is 2. The number of fused-ring (bicyclic) bond motifs is 8. The maximum atomic E-state index is 5.63. The first-order chi connectivity index (χ1) is 39.2. The molecule has 0 radical (unpaired) electrons. The highest BCUT2D eigenvalue weighted by atomic mass is 28.3. The first kappa shape index (κ1) is 46.3. The highest BCUT2D eigenvalue weighted by Gasteiger charge is 2.43. The van der Waals surface area contributed by atoms with Gasteiger partial charge in [0.15, 0.2) is 22.0 Å². The maximum absolute atomic E-state index is 5.63. The predicted molar refractivity (Wildman–Crippen MR) is 330 cm³/mol. The van der Waals surface area contributed by atoms with Crippen LogP contribution in [-0.2, 0) is 0 Å². The van der Waals surface area contributed by atoms with Gasteiger partial charge in [0, 0.05) is 16.3 Å². The van der Waals surface area contributed by atoms with Crippen LogP contribution in [0.25, 0.3) is 72.9 Å². The normalized spacial score (nSPS) is 12.1. The van der Waals surface area contributed by atoms with Gasteiger partial charge in [-0.05, 0) is 77.9 Å². The van der Waals surface area contributed by atoms with Gasteiger partial charge in [-0.25, -0.2) is 9.55 Å². The van der Waals surface area contributed by atoms with Crippen molar-refractivity contribution in [1.29, 1.82) is 0 Å². The quantitative estimate of drug-likeness (QED) is 0.0957. The fraction of sp³-hybridized carbons (Fsp3) is 0. The minimum atomic E-state index is -2.96. The van der Waals surface area contributed by atoms with E-state index in [9.17, 15) is 0 Å². The number of para-hydroxylation sites is 5. The lowest BCUT2D eigenvalue weighted by Gasteiger charge is -2.34. The van der Waals surface area contributed by atoms with E-state index in [4.69, 9.17) is 19.9 Å². The Morgan fingerprint density at radius 2 is 0.633 bits per heavy atom. The lowest BCUT2D eigenvalue weighted by Crippen LogP contribution is -2.74. The molecular weight excluding hydrogens is 995 g/mol. The molecule has 0 aliphatic heterocycles. The zero-order valence-corrected chi connectivity index (χ0v) is 44.9. The maximum Gasteiger partial charge on any atom is 0.242 e. The van der Waals surface area contributed by atoms with Crippen molar-refractivity contribution in [2.75, 3.05) is 0 Å². The first-order valence-electron chi connectivity index (χ1n) is 26.8. The molecule has 0 unspecified atom stereocenters. The van der Waals surface area contributed by atoms with Crippen LogP contribution in [0.3, 0.4) is 0 Å². The van der Waals surface area contributed by atoms with Crippen LogP contribution >= 0.6 is 0 Å². The summed E-state index contributed by atoms with van der Waals surface area (Å²) in [6, 6.07) is 108. The third kappa shape index (κ3) is 7.24. The van der Waals surface area contributed by atoms with Gasteiger partial charge in [0.2, 0.25) is 17.7 Å². The molecule has 0 amide bonds. The molecule has 0 bridgehead atoms. The van der Waals surface area contributed by atoms with Crippen molar-refractivity contribution >= 4 is 107 Å². The molecule has 0 N–H and O–H groups in total. The second-order valence-electron chi connectivity index (χ2n) is 20.2. The standard InChI is InChI=1S/C70H49N7Si2/c1-7-25-51(26-8-1)78(52-27-9-2-10-28-52,53-29-11-3-12-30-53)57-45-43-50(44-46-57)67-72-68(74-69(73-67)77-65-42-24-23-41-64(65)76-63-40-22-20-38-61(63)71-70(76)77)75-62-39-21-19-37-59(62)60-48-47-58(49-66(60)75)79(54-31-13-4-14-32-54,55-33-15-5-16-34-55)56-35-17-6-18-36-56/h1-49H. The van der Waals surface area contributed by atoms with E-state index < -0.39 is 16.1 Å². The monoisotopic (exact) mass is 1040 g/mol. The zero-order valence-electron chi connectivity index (χ0n) is 42.9. The Labute approximate surface area is 458 Å². The number of hydrogen-bond donors (Lipinski definition) is 0. The van der Waals surface area contributed by atoms with Gasteiger partial charge in [-0.2, -0.15) is 15.0 Å². The van der Waals surface area contributed by atoms with Gasteiger partial charge >= 0.3 is 0 Å². The second-order valence-corrected chi connectivity index (χ2v) is 27.8. The minimum absolute atomic E-state index is 0.468. The van der Waals surface area contributed by atoms with Gasteiger partial charge in [-0.3, -0.25) is 8.97 Å². The summed E-state index contributed by atoms with van der Waals surface area (Å²) in [5.41, 5.74) is 6.73. The molecule has 0 atom stereocenters. The fourth-order valence-corrected chi connectivity index (χ4v) is 22.2. The van der Waals surface area contributed by atoms with Gasteiger partial charge in [0.25, 0.3) is 0 Å². The summed E-state index contributed by atoms with van der Waals surface area (Å²) in [7, 11) is -5.79. The molecular formula is C70H49N7Si2. The third-order valence-corrected chi connectivity index (χ3v) is 25.6. The van der Waals surface area contributed by atoms with Gasteiger partial charge < -0.3 is 0 Å². The van der Waals surface area contributed by atoms with Crippen molar-refractivity contribution in [3.05, 3.63) is 297 Å². The summed E-state index contributed by atoms with van der Waals surface area (Å²) in [6.45, 7) is 0. The van der Waals surface area contributed by atoms with E-state index >= 15 is 0 Å². The van der Waals surface area contributed by atoms with E-state index in [1.54, 1.807) is 0 Å². The van der Waals surface area contributed by atoms with Crippen molar-refractivity contribution < 1.29 is 0 Å². The largest absolute Gasteiger partial charge is 0.278 e. The summed E-state index contributed by atoms with van der Waals surface area (Å²) in [6.07, 6.45) is 0. The fourth-order valence-electron chi connectivity index (χ4n) is 12.6. The molecule has 79 heavy (non-hydrogen) atoms. The number of nitrogens with zero attached hydrogens (tertiary/aromatic N) is 7. The van der Waals surface area contributed by atoms with Gasteiger partial charge in [0.1, 0.15) is 0 Å². The molecule has 372 valence electrons. The topological polar surface area (TPSA) is 65.8 Å². The lowest BCUT2D eigenvalue weighted by molar-refractivity contribution is 0.885. The average molecular weight is 1040 g/mol. The Hall–Kier alpha value is -10.1. The van der Waals surface area contributed by atoms with E-state index in [-0.39, 0.29) is 0 Å². The highest BCUT2D eigenvalue weighted by Crippen LogP contribution is 2.34. The molecule has 11 aromatic carbocycles. The van der Waals surface area contributed by atoms with E-state index in [1.807, 2.05) is 6.07 Å². The zero-order chi connectivity index (χ0) is 52.3. The number of hydrogen-bond acceptors (Lipinski definition) is 4. The second kappa shape index (κ2) is 18.9. The van der Waals surface area contributed by atoms with Crippen LogP contribution in [0.15, 0.2) is 297 Å². The molecule has 4 heterocycles. The Kier molecular flexibility index (Phi) is 11.1. The van der Waals surface area contributed by atoms with Crippen molar-refractivity contribution in [3.8, 4) is 23.3 Å².